The Morgan fingerprint density at radius 2 is 1.55 bits per heavy atom. The SMILES string of the molecule is O=S(=O)(Cc1ccccc1)N[C@@H]1C[C@H]1c1ccccc1. The second kappa shape index (κ2) is 5.38. The van der Waals surface area contributed by atoms with E-state index in [1.807, 2.05) is 48.5 Å². The quantitative estimate of drug-likeness (QED) is 0.919. The van der Waals surface area contributed by atoms with Crippen molar-refractivity contribution in [3.05, 3.63) is 71.8 Å². The highest BCUT2D eigenvalue weighted by Gasteiger charge is 2.40. The van der Waals surface area contributed by atoms with E-state index in [4.69, 9.17) is 0 Å². The maximum atomic E-state index is 12.1. The molecule has 1 saturated carbocycles. The molecule has 0 saturated heterocycles. The highest BCUT2D eigenvalue weighted by atomic mass is 32.2. The van der Waals surface area contributed by atoms with Gasteiger partial charge in [-0.3, -0.25) is 0 Å². The first-order valence-corrected chi connectivity index (χ1v) is 8.38. The van der Waals surface area contributed by atoms with Gasteiger partial charge in [-0.05, 0) is 17.5 Å². The molecule has 0 spiro atoms. The van der Waals surface area contributed by atoms with E-state index >= 15 is 0 Å². The van der Waals surface area contributed by atoms with Crippen molar-refractivity contribution in [2.24, 2.45) is 0 Å². The Morgan fingerprint density at radius 1 is 0.950 bits per heavy atom. The molecule has 0 heterocycles. The molecule has 4 heteroatoms. The largest absolute Gasteiger partial charge is 0.216 e. The summed E-state index contributed by atoms with van der Waals surface area (Å²) < 4.78 is 27.0. The molecule has 1 aliphatic carbocycles. The third-order valence-electron chi connectivity index (χ3n) is 3.55. The smallest absolute Gasteiger partial charge is 0.212 e. The van der Waals surface area contributed by atoms with Crippen molar-refractivity contribution >= 4 is 10.0 Å². The number of hydrogen-bond acceptors (Lipinski definition) is 2. The molecule has 20 heavy (non-hydrogen) atoms. The lowest BCUT2D eigenvalue weighted by Crippen LogP contribution is -2.28. The van der Waals surface area contributed by atoms with E-state index in [2.05, 4.69) is 16.9 Å². The summed E-state index contributed by atoms with van der Waals surface area (Å²) in [5.41, 5.74) is 2.02. The van der Waals surface area contributed by atoms with Crippen molar-refractivity contribution in [1.82, 2.24) is 4.72 Å². The van der Waals surface area contributed by atoms with Crippen LogP contribution in [0.25, 0.3) is 0 Å². The molecular weight excluding hydrogens is 270 g/mol. The summed E-state index contributed by atoms with van der Waals surface area (Å²) >= 11 is 0. The van der Waals surface area contributed by atoms with Gasteiger partial charge in [0.05, 0.1) is 5.75 Å². The van der Waals surface area contributed by atoms with Crippen LogP contribution in [-0.2, 0) is 15.8 Å². The first kappa shape index (κ1) is 13.3. The number of hydrogen-bond donors (Lipinski definition) is 1. The zero-order valence-electron chi connectivity index (χ0n) is 11.1. The van der Waals surface area contributed by atoms with Crippen LogP contribution in [0.4, 0.5) is 0 Å². The average Bonchev–Trinajstić information content (AvgIpc) is 3.18. The minimum Gasteiger partial charge on any atom is -0.212 e. The van der Waals surface area contributed by atoms with E-state index < -0.39 is 10.0 Å². The Balaban J connectivity index is 1.62. The van der Waals surface area contributed by atoms with E-state index in [0.717, 1.165) is 12.0 Å². The van der Waals surface area contributed by atoms with Crippen molar-refractivity contribution in [1.29, 1.82) is 0 Å². The maximum absolute atomic E-state index is 12.1. The van der Waals surface area contributed by atoms with Gasteiger partial charge in [0.2, 0.25) is 10.0 Å². The minimum atomic E-state index is -3.26. The standard InChI is InChI=1S/C16H17NO2S/c18-20(19,12-13-7-3-1-4-8-13)17-16-11-15(16)14-9-5-2-6-10-14/h1-10,15-17H,11-12H2/t15-,16+/m0/s1. The first-order chi connectivity index (χ1) is 9.64. The van der Waals surface area contributed by atoms with Crippen LogP contribution in [0, 0.1) is 0 Å². The van der Waals surface area contributed by atoms with Gasteiger partial charge >= 0.3 is 0 Å². The molecule has 0 unspecified atom stereocenters. The van der Waals surface area contributed by atoms with Crippen LogP contribution in [0.15, 0.2) is 60.7 Å². The van der Waals surface area contributed by atoms with Crippen LogP contribution in [0.3, 0.4) is 0 Å². The lowest BCUT2D eigenvalue weighted by Gasteiger charge is -2.06. The van der Waals surface area contributed by atoms with Gasteiger partial charge in [0.25, 0.3) is 0 Å². The Hall–Kier alpha value is -1.65. The zero-order valence-corrected chi connectivity index (χ0v) is 11.9. The van der Waals surface area contributed by atoms with E-state index in [-0.39, 0.29) is 11.8 Å². The molecule has 2 aromatic rings. The van der Waals surface area contributed by atoms with Gasteiger partial charge in [-0.25, -0.2) is 13.1 Å². The molecule has 2 aromatic carbocycles. The fourth-order valence-corrected chi connectivity index (χ4v) is 3.90. The van der Waals surface area contributed by atoms with Crippen LogP contribution < -0.4 is 4.72 Å². The van der Waals surface area contributed by atoms with E-state index in [9.17, 15) is 8.42 Å². The monoisotopic (exact) mass is 287 g/mol. The summed E-state index contributed by atoms with van der Waals surface area (Å²) in [5, 5.41) is 0. The van der Waals surface area contributed by atoms with Crippen molar-refractivity contribution in [3.63, 3.8) is 0 Å². The predicted molar refractivity (Wildman–Crippen MR) is 79.8 cm³/mol. The van der Waals surface area contributed by atoms with Gasteiger partial charge in [0.1, 0.15) is 0 Å². The number of sulfonamides is 1. The first-order valence-electron chi connectivity index (χ1n) is 6.73. The predicted octanol–water partition coefficient (Wildman–Crippen LogP) is 2.66. The lowest BCUT2D eigenvalue weighted by molar-refractivity contribution is 0.579. The molecule has 0 bridgehead atoms. The second-order valence-electron chi connectivity index (χ2n) is 5.22. The number of benzene rings is 2. The molecule has 3 rings (SSSR count). The van der Waals surface area contributed by atoms with E-state index in [0.29, 0.717) is 5.92 Å². The summed E-state index contributed by atoms with van der Waals surface area (Å²) in [5.74, 6) is 0.369. The van der Waals surface area contributed by atoms with Gasteiger partial charge in [-0.2, -0.15) is 0 Å². The second-order valence-corrected chi connectivity index (χ2v) is 6.98. The maximum Gasteiger partial charge on any atom is 0.216 e. The Morgan fingerprint density at radius 3 is 2.20 bits per heavy atom. The molecular formula is C16H17NO2S. The molecule has 0 aliphatic heterocycles. The summed E-state index contributed by atoms with van der Waals surface area (Å²) in [7, 11) is -3.26. The fourth-order valence-electron chi connectivity index (χ4n) is 2.46. The lowest BCUT2D eigenvalue weighted by atomic mass is 10.1. The minimum absolute atomic E-state index is 0.0473. The average molecular weight is 287 g/mol. The van der Waals surface area contributed by atoms with Crippen LogP contribution >= 0.6 is 0 Å². The van der Waals surface area contributed by atoms with Gasteiger partial charge in [-0.15, -0.1) is 0 Å². The molecule has 0 aromatic heterocycles. The number of nitrogens with one attached hydrogen (secondary N) is 1. The molecule has 1 aliphatic rings. The Labute approximate surface area is 119 Å². The Kier molecular flexibility index (Phi) is 3.59. The molecule has 3 nitrogen and oxygen atoms in total. The molecule has 1 fully saturated rings. The Bertz CT molecular complexity index is 668. The molecule has 0 amide bonds. The summed E-state index contributed by atoms with van der Waals surface area (Å²) in [6, 6.07) is 19.4. The number of rotatable bonds is 5. The van der Waals surface area contributed by atoms with Gasteiger partial charge in [-0.1, -0.05) is 60.7 Å². The highest BCUT2D eigenvalue weighted by Crippen LogP contribution is 2.41. The van der Waals surface area contributed by atoms with Crippen LogP contribution in [0.5, 0.6) is 0 Å². The van der Waals surface area contributed by atoms with E-state index in [1.165, 1.54) is 5.56 Å². The molecule has 1 N–H and O–H groups in total. The highest BCUT2D eigenvalue weighted by molar-refractivity contribution is 7.88. The van der Waals surface area contributed by atoms with Crippen LogP contribution in [0.1, 0.15) is 23.5 Å². The van der Waals surface area contributed by atoms with Crippen molar-refractivity contribution < 1.29 is 8.42 Å². The van der Waals surface area contributed by atoms with Crippen LogP contribution in [-0.4, -0.2) is 14.5 Å². The van der Waals surface area contributed by atoms with Gasteiger partial charge in [0.15, 0.2) is 0 Å². The summed E-state index contributed by atoms with van der Waals surface area (Å²) in [6.45, 7) is 0. The molecule has 2 atom stereocenters. The van der Waals surface area contributed by atoms with Gasteiger partial charge in [0, 0.05) is 12.0 Å². The summed E-state index contributed by atoms with van der Waals surface area (Å²) in [6.07, 6.45) is 0.887. The fraction of sp³-hybridized carbons (Fsp3) is 0.250. The molecule has 104 valence electrons. The van der Waals surface area contributed by atoms with Crippen molar-refractivity contribution in [2.75, 3.05) is 0 Å². The topological polar surface area (TPSA) is 46.2 Å². The summed E-state index contributed by atoms with van der Waals surface area (Å²) in [4.78, 5) is 0. The van der Waals surface area contributed by atoms with Crippen LogP contribution in [0.2, 0.25) is 0 Å². The zero-order chi connectivity index (χ0) is 14.0. The third-order valence-corrected chi connectivity index (χ3v) is 4.92. The van der Waals surface area contributed by atoms with E-state index in [1.54, 1.807) is 0 Å². The van der Waals surface area contributed by atoms with Crippen molar-refractivity contribution in [3.8, 4) is 0 Å². The van der Waals surface area contributed by atoms with Crippen molar-refractivity contribution in [2.45, 2.75) is 24.1 Å². The normalized spacial score (nSPS) is 21.6. The molecule has 0 radical (unpaired) electrons. The third kappa shape index (κ3) is 3.26. The van der Waals surface area contributed by atoms with Gasteiger partial charge < -0.3 is 0 Å².